The molecule has 0 spiro atoms. The van der Waals surface area contributed by atoms with Crippen LogP contribution in [0, 0.1) is 11.3 Å². The van der Waals surface area contributed by atoms with Gasteiger partial charge in [0, 0.05) is 25.6 Å². The van der Waals surface area contributed by atoms with E-state index in [0.717, 1.165) is 38.5 Å². The van der Waals surface area contributed by atoms with Crippen LogP contribution in [0.5, 0.6) is 0 Å². The lowest BCUT2D eigenvalue weighted by atomic mass is 10.1. The third kappa shape index (κ3) is 26.6. The Kier molecular flexibility index (Phi) is 32.5. The molecular weight excluding hydrogens is 679 g/mol. The van der Waals surface area contributed by atoms with E-state index in [1.54, 1.807) is 0 Å². The lowest BCUT2D eigenvalue weighted by Gasteiger charge is -2.19. The Morgan fingerprint density at radius 2 is 0.667 bits per heavy atom. The van der Waals surface area contributed by atoms with E-state index in [1.807, 2.05) is 6.92 Å². The Bertz CT molecular complexity index is 861. The molecule has 2 atom stereocenters. The Balaban J connectivity index is 2.41. The van der Waals surface area contributed by atoms with Crippen molar-refractivity contribution >= 4 is 18.3 Å². The summed E-state index contributed by atoms with van der Waals surface area (Å²) in [5, 5.41) is 8.63. The number of nitrogens with one attached hydrogen (secondary N) is 3. The van der Waals surface area contributed by atoms with Crippen molar-refractivity contribution in [1.29, 1.82) is 0 Å². The number of hydrogen-bond acceptors (Lipinski definition) is 6. The maximum atomic E-state index is 12.7. The van der Waals surface area contributed by atoms with E-state index >= 15 is 0 Å². The van der Waals surface area contributed by atoms with Crippen molar-refractivity contribution in [2.24, 2.45) is 11.3 Å². The topological polar surface area (TPSA) is 115 Å². The number of carbonyl (C=O) groups excluding carboxylic acids is 3. The first-order valence-corrected chi connectivity index (χ1v) is 23.2. The number of amides is 3. The molecule has 1 rings (SSSR count). The van der Waals surface area contributed by atoms with Gasteiger partial charge in [0.25, 0.3) is 0 Å². The van der Waals surface area contributed by atoms with Crippen molar-refractivity contribution in [3.63, 3.8) is 0 Å². The van der Waals surface area contributed by atoms with Gasteiger partial charge in [0.2, 0.25) is 0 Å². The van der Waals surface area contributed by atoms with Gasteiger partial charge in [-0.1, -0.05) is 201 Å². The number of ether oxygens (including phenoxy) is 3. The van der Waals surface area contributed by atoms with Crippen LogP contribution in [0.4, 0.5) is 14.4 Å². The average Bonchev–Trinajstić information content (AvgIpc) is 3.72. The average molecular weight is 766 g/mol. The minimum atomic E-state index is -0.766. The largest absolute Gasteiger partial charge is 0.449 e. The van der Waals surface area contributed by atoms with Gasteiger partial charge in [-0.3, -0.25) is 0 Å². The summed E-state index contributed by atoms with van der Waals surface area (Å²) >= 11 is 0. The second-order valence-corrected chi connectivity index (χ2v) is 16.3. The molecule has 0 aromatic rings. The lowest BCUT2D eigenvalue weighted by molar-refractivity contribution is 0.0449. The molecular formula is C45H87N3O6. The third-order valence-corrected chi connectivity index (χ3v) is 11.4. The van der Waals surface area contributed by atoms with Gasteiger partial charge in [-0.05, 0) is 19.3 Å². The van der Waals surface area contributed by atoms with Crippen molar-refractivity contribution in [3.8, 4) is 0 Å². The Labute approximate surface area is 332 Å². The van der Waals surface area contributed by atoms with Crippen LogP contribution in [0.1, 0.15) is 220 Å². The fourth-order valence-corrected chi connectivity index (χ4v) is 7.41. The molecule has 9 heteroatoms. The molecule has 3 N–H and O–H groups in total. The molecule has 0 aromatic heterocycles. The molecule has 9 nitrogen and oxygen atoms in total. The van der Waals surface area contributed by atoms with Crippen LogP contribution < -0.4 is 16.0 Å². The van der Waals surface area contributed by atoms with E-state index in [9.17, 15) is 14.4 Å². The van der Waals surface area contributed by atoms with Gasteiger partial charge < -0.3 is 30.2 Å². The SMILES string of the molecule is CCCCCCCCCCCCNC(=O)OCC1(COC(=O)NCCCCCCCCCCCC)C(C)C1OC(=O)NCCCCCCCCCCCC. The standard InChI is InChI=1S/C45H87N3O6/c1-5-8-11-14-17-20-23-26-29-32-35-46-42(49)52-38-45(39-53-43(50)47-36-33-30-27-24-21-18-15-12-9-6-2)40(4)41(45)54-44(51)48-37-34-31-28-25-22-19-16-13-10-7-3/h40-41H,5-39H2,1-4H3,(H,46,49)(H,47,50)(H,48,51). The van der Waals surface area contributed by atoms with E-state index < -0.39 is 29.8 Å². The third-order valence-electron chi connectivity index (χ3n) is 11.4. The van der Waals surface area contributed by atoms with Gasteiger partial charge in [0.05, 0.1) is 5.41 Å². The second-order valence-electron chi connectivity index (χ2n) is 16.3. The molecule has 318 valence electrons. The minimum Gasteiger partial charge on any atom is -0.449 e. The van der Waals surface area contributed by atoms with Crippen LogP contribution in [0.3, 0.4) is 0 Å². The van der Waals surface area contributed by atoms with Gasteiger partial charge in [-0.15, -0.1) is 0 Å². The molecule has 3 amide bonds. The quantitative estimate of drug-likeness (QED) is 0.0426. The minimum absolute atomic E-state index is 0.0140. The Hall–Kier alpha value is -2.19. The summed E-state index contributed by atoms with van der Waals surface area (Å²) in [5.41, 5.74) is -0.766. The van der Waals surface area contributed by atoms with E-state index in [4.69, 9.17) is 14.2 Å². The van der Waals surface area contributed by atoms with Crippen LogP contribution in [0.2, 0.25) is 0 Å². The fourth-order valence-electron chi connectivity index (χ4n) is 7.41. The Morgan fingerprint density at radius 3 is 0.963 bits per heavy atom. The van der Waals surface area contributed by atoms with Crippen LogP contribution in [-0.4, -0.2) is 57.2 Å². The monoisotopic (exact) mass is 766 g/mol. The Morgan fingerprint density at radius 1 is 0.407 bits per heavy atom. The number of unbranched alkanes of at least 4 members (excludes halogenated alkanes) is 27. The highest BCUT2D eigenvalue weighted by atomic mass is 16.6. The van der Waals surface area contributed by atoms with Gasteiger partial charge in [0.15, 0.2) is 0 Å². The summed E-state index contributed by atoms with van der Waals surface area (Å²) < 4.78 is 17.1. The van der Waals surface area contributed by atoms with Crippen molar-refractivity contribution in [2.45, 2.75) is 226 Å². The number of alkyl carbamates (subject to hydrolysis) is 3. The summed E-state index contributed by atoms with van der Waals surface area (Å²) in [6.07, 6.45) is 35.1. The van der Waals surface area contributed by atoms with Crippen LogP contribution in [-0.2, 0) is 14.2 Å². The molecule has 1 saturated carbocycles. The lowest BCUT2D eigenvalue weighted by Crippen LogP contribution is -2.35. The van der Waals surface area contributed by atoms with Crippen LogP contribution in [0.25, 0.3) is 0 Å². The molecule has 0 aliphatic heterocycles. The number of carbonyl (C=O) groups is 3. The number of rotatable bonds is 38. The highest BCUT2D eigenvalue weighted by Gasteiger charge is 2.67. The molecule has 1 aliphatic carbocycles. The first-order valence-electron chi connectivity index (χ1n) is 23.2. The molecule has 1 fully saturated rings. The first-order chi connectivity index (χ1) is 26.4. The van der Waals surface area contributed by atoms with Crippen LogP contribution >= 0.6 is 0 Å². The van der Waals surface area contributed by atoms with Crippen molar-refractivity contribution < 1.29 is 28.6 Å². The normalized spacial score (nSPS) is 15.8. The summed E-state index contributed by atoms with van der Waals surface area (Å²) in [7, 11) is 0. The zero-order valence-electron chi connectivity index (χ0n) is 35.9. The predicted molar refractivity (Wildman–Crippen MR) is 224 cm³/mol. The van der Waals surface area contributed by atoms with Crippen molar-refractivity contribution in [2.75, 3.05) is 32.8 Å². The molecule has 54 heavy (non-hydrogen) atoms. The summed E-state index contributed by atoms with van der Waals surface area (Å²) in [6.45, 7) is 10.4. The predicted octanol–water partition coefficient (Wildman–Crippen LogP) is 12.9. The van der Waals surface area contributed by atoms with Crippen LogP contribution in [0.15, 0.2) is 0 Å². The highest BCUT2D eigenvalue weighted by molar-refractivity contribution is 5.69. The van der Waals surface area contributed by atoms with Gasteiger partial charge in [0.1, 0.15) is 19.3 Å². The summed E-state index contributed by atoms with van der Waals surface area (Å²) in [4.78, 5) is 38.0. The maximum Gasteiger partial charge on any atom is 0.407 e. The van der Waals surface area contributed by atoms with E-state index in [1.165, 1.54) is 154 Å². The van der Waals surface area contributed by atoms with Crippen molar-refractivity contribution in [3.05, 3.63) is 0 Å². The summed E-state index contributed by atoms with van der Waals surface area (Å²) in [5.74, 6) is -0.120. The molecule has 2 unspecified atom stereocenters. The van der Waals surface area contributed by atoms with Crippen molar-refractivity contribution in [1.82, 2.24) is 16.0 Å². The van der Waals surface area contributed by atoms with Gasteiger partial charge >= 0.3 is 18.3 Å². The molecule has 0 radical (unpaired) electrons. The maximum absolute atomic E-state index is 12.7. The molecule has 0 aromatic carbocycles. The number of hydrogen-bond donors (Lipinski definition) is 3. The molecule has 0 heterocycles. The van der Waals surface area contributed by atoms with Gasteiger partial charge in [-0.2, -0.15) is 0 Å². The zero-order valence-corrected chi connectivity index (χ0v) is 35.9. The zero-order chi connectivity index (χ0) is 39.4. The van der Waals surface area contributed by atoms with E-state index in [0.29, 0.717) is 19.6 Å². The second kappa shape index (κ2) is 35.2. The smallest absolute Gasteiger partial charge is 0.407 e. The van der Waals surface area contributed by atoms with E-state index in [2.05, 4.69) is 36.7 Å². The molecule has 0 saturated heterocycles. The van der Waals surface area contributed by atoms with Gasteiger partial charge in [-0.25, -0.2) is 14.4 Å². The van der Waals surface area contributed by atoms with E-state index in [-0.39, 0.29) is 19.1 Å². The molecule has 1 aliphatic rings. The highest BCUT2D eigenvalue weighted by Crippen LogP contribution is 2.55. The fraction of sp³-hybridized carbons (Fsp3) is 0.933. The molecule has 0 bridgehead atoms. The first kappa shape index (κ1) is 49.8. The summed E-state index contributed by atoms with van der Waals surface area (Å²) in [6, 6.07) is 0.